The van der Waals surface area contributed by atoms with Crippen LogP contribution in [0.15, 0.2) is 35.7 Å². The molecule has 0 aliphatic rings. The second kappa shape index (κ2) is 6.31. The van der Waals surface area contributed by atoms with E-state index in [4.69, 9.17) is 0 Å². The van der Waals surface area contributed by atoms with Gasteiger partial charge in [0.05, 0.1) is 6.04 Å². The minimum Gasteiger partial charge on any atom is -0.305 e. The number of thiazole rings is 1. The Morgan fingerprint density at radius 1 is 1.11 bits per heavy atom. The van der Waals surface area contributed by atoms with Gasteiger partial charge in [-0.2, -0.15) is 0 Å². The fourth-order valence-electron chi connectivity index (χ4n) is 2.25. The highest BCUT2D eigenvalue weighted by atomic mass is 32.1. The largest absolute Gasteiger partial charge is 0.305 e. The third-order valence-electron chi connectivity index (χ3n) is 3.24. The van der Waals surface area contributed by atoms with Crippen LogP contribution in [-0.4, -0.2) is 11.0 Å². The summed E-state index contributed by atoms with van der Waals surface area (Å²) in [5.74, 6) is 0.411. The van der Waals surface area contributed by atoms with Crippen LogP contribution in [0, 0.1) is 6.92 Å². The van der Waals surface area contributed by atoms with E-state index in [0.29, 0.717) is 12.0 Å². The van der Waals surface area contributed by atoms with Gasteiger partial charge in [-0.25, -0.2) is 4.98 Å². The minimum absolute atomic E-state index is 0.279. The second-order valence-electron chi connectivity index (χ2n) is 5.33. The van der Waals surface area contributed by atoms with Crippen LogP contribution in [-0.2, 0) is 0 Å². The SMILES string of the molecule is Cc1csc(C(NC(C)C)C(C)c2ccccc2)n1. The first-order valence-electron chi connectivity index (χ1n) is 6.81. The number of benzene rings is 1. The molecule has 1 heterocycles. The van der Waals surface area contributed by atoms with Crippen molar-refractivity contribution in [3.05, 3.63) is 52.0 Å². The fourth-order valence-corrected chi connectivity index (χ4v) is 3.21. The third-order valence-corrected chi connectivity index (χ3v) is 4.29. The van der Waals surface area contributed by atoms with Gasteiger partial charge < -0.3 is 5.32 Å². The number of hydrogen-bond donors (Lipinski definition) is 1. The lowest BCUT2D eigenvalue weighted by molar-refractivity contribution is 0.424. The first kappa shape index (κ1) is 14.2. The Morgan fingerprint density at radius 2 is 1.79 bits per heavy atom. The molecule has 0 fully saturated rings. The normalized spacial score (nSPS) is 14.6. The maximum Gasteiger partial charge on any atom is 0.110 e. The van der Waals surface area contributed by atoms with Crippen molar-refractivity contribution < 1.29 is 0 Å². The van der Waals surface area contributed by atoms with Crippen LogP contribution in [0.1, 0.15) is 49.0 Å². The Bertz CT molecular complexity index is 504. The van der Waals surface area contributed by atoms with Crippen LogP contribution in [0.3, 0.4) is 0 Å². The van der Waals surface area contributed by atoms with Crippen molar-refractivity contribution in [2.45, 2.75) is 45.7 Å². The molecule has 0 saturated heterocycles. The van der Waals surface area contributed by atoms with Gasteiger partial charge in [-0.15, -0.1) is 11.3 Å². The topological polar surface area (TPSA) is 24.9 Å². The zero-order valence-electron chi connectivity index (χ0n) is 12.1. The van der Waals surface area contributed by atoms with Gasteiger partial charge in [0.1, 0.15) is 5.01 Å². The monoisotopic (exact) mass is 274 g/mol. The molecule has 0 amide bonds. The average Bonchev–Trinajstić information content (AvgIpc) is 2.82. The van der Waals surface area contributed by atoms with Gasteiger partial charge in [0.2, 0.25) is 0 Å². The van der Waals surface area contributed by atoms with Crippen molar-refractivity contribution in [2.24, 2.45) is 0 Å². The molecule has 0 bridgehead atoms. The Hall–Kier alpha value is -1.19. The Labute approximate surface area is 119 Å². The van der Waals surface area contributed by atoms with E-state index < -0.39 is 0 Å². The lowest BCUT2D eigenvalue weighted by Crippen LogP contribution is -2.31. The van der Waals surface area contributed by atoms with Gasteiger partial charge in [0.25, 0.3) is 0 Å². The minimum atomic E-state index is 0.279. The van der Waals surface area contributed by atoms with Crippen molar-refractivity contribution in [3.8, 4) is 0 Å². The number of aromatic nitrogens is 1. The Morgan fingerprint density at radius 3 is 2.32 bits per heavy atom. The maximum atomic E-state index is 4.67. The average molecular weight is 274 g/mol. The van der Waals surface area contributed by atoms with E-state index in [9.17, 15) is 0 Å². The van der Waals surface area contributed by atoms with Gasteiger partial charge >= 0.3 is 0 Å². The van der Waals surface area contributed by atoms with Gasteiger partial charge in [-0.1, -0.05) is 51.1 Å². The number of aryl methyl sites for hydroxylation is 1. The summed E-state index contributed by atoms with van der Waals surface area (Å²) in [6, 6.07) is 11.4. The van der Waals surface area contributed by atoms with Crippen LogP contribution in [0.25, 0.3) is 0 Å². The molecule has 2 atom stereocenters. The van der Waals surface area contributed by atoms with Crippen LogP contribution in [0.2, 0.25) is 0 Å². The molecule has 19 heavy (non-hydrogen) atoms. The molecule has 102 valence electrons. The molecule has 0 aliphatic carbocycles. The lowest BCUT2D eigenvalue weighted by atomic mass is 9.93. The highest BCUT2D eigenvalue weighted by Crippen LogP contribution is 2.32. The molecule has 1 N–H and O–H groups in total. The molecule has 1 aromatic carbocycles. The van der Waals surface area contributed by atoms with Crippen LogP contribution < -0.4 is 5.32 Å². The highest BCUT2D eigenvalue weighted by Gasteiger charge is 2.23. The predicted octanol–water partition coefficient (Wildman–Crippen LogP) is 4.29. The smallest absolute Gasteiger partial charge is 0.110 e. The summed E-state index contributed by atoms with van der Waals surface area (Å²) in [7, 11) is 0. The van der Waals surface area contributed by atoms with Gasteiger partial charge in [-0.3, -0.25) is 0 Å². The van der Waals surface area contributed by atoms with E-state index in [0.717, 1.165) is 5.69 Å². The Kier molecular flexibility index (Phi) is 4.72. The molecule has 0 spiro atoms. The van der Waals surface area contributed by atoms with Crippen molar-refractivity contribution in [1.29, 1.82) is 0 Å². The number of nitrogens with one attached hydrogen (secondary N) is 1. The van der Waals surface area contributed by atoms with Crippen molar-refractivity contribution in [3.63, 3.8) is 0 Å². The molecule has 0 radical (unpaired) electrons. The number of rotatable bonds is 5. The zero-order valence-corrected chi connectivity index (χ0v) is 12.9. The number of hydrogen-bond acceptors (Lipinski definition) is 3. The first-order valence-corrected chi connectivity index (χ1v) is 7.69. The maximum absolute atomic E-state index is 4.67. The van der Waals surface area contributed by atoms with Crippen LogP contribution in [0.5, 0.6) is 0 Å². The quantitative estimate of drug-likeness (QED) is 0.879. The molecule has 1 aromatic heterocycles. The van der Waals surface area contributed by atoms with Crippen molar-refractivity contribution in [1.82, 2.24) is 10.3 Å². The van der Waals surface area contributed by atoms with E-state index in [-0.39, 0.29) is 6.04 Å². The molecule has 0 aliphatic heterocycles. The fraction of sp³-hybridized carbons (Fsp3) is 0.438. The first-order chi connectivity index (χ1) is 9.08. The second-order valence-corrected chi connectivity index (χ2v) is 6.22. The van der Waals surface area contributed by atoms with Crippen LogP contribution in [0.4, 0.5) is 0 Å². The summed E-state index contributed by atoms with van der Waals surface area (Å²) in [6.07, 6.45) is 0. The van der Waals surface area contributed by atoms with E-state index in [2.05, 4.69) is 73.7 Å². The zero-order chi connectivity index (χ0) is 13.8. The lowest BCUT2D eigenvalue weighted by Gasteiger charge is -2.26. The summed E-state index contributed by atoms with van der Waals surface area (Å²) in [6.45, 7) is 8.70. The molecule has 3 heteroatoms. The molecule has 2 nitrogen and oxygen atoms in total. The summed E-state index contributed by atoms with van der Waals surface area (Å²) in [5.41, 5.74) is 2.46. The van der Waals surface area contributed by atoms with Crippen molar-refractivity contribution in [2.75, 3.05) is 0 Å². The van der Waals surface area contributed by atoms with E-state index in [1.807, 2.05) is 0 Å². The van der Waals surface area contributed by atoms with E-state index in [1.165, 1.54) is 10.6 Å². The van der Waals surface area contributed by atoms with E-state index >= 15 is 0 Å². The van der Waals surface area contributed by atoms with Gasteiger partial charge in [-0.05, 0) is 12.5 Å². The molecular weight excluding hydrogens is 252 g/mol. The summed E-state index contributed by atoms with van der Waals surface area (Å²) >= 11 is 1.75. The predicted molar refractivity (Wildman–Crippen MR) is 82.7 cm³/mol. The summed E-state index contributed by atoms with van der Waals surface area (Å²) < 4.78 is 0. The molecule has 0 saturated carbocycles. The van der Waals surface area contributed by atoms with Crippen LogP contribution >= 0.6 is 11.3 Å². The summed E-state index contributed by atoms with van der Waals surface area (Å²) in [5, 5.41) is 6.97. The highest BCUT2D eigenvalue weighted by molar-refractivity contribution is 7.09. The van der Waals surface area contributed by atoms with Gasteiger partial charge in [0, 0.05) is 23.0 Å². The number of nitrogens with zero attached hydrogens (tertiary/aromatic N) is 1. The molecular formula is C16H22N2S. The molecule has 2 rings (SSSR count). The molecule has 2 unspecified atom stereocenters. The van der Waals surface area contributed by atoms with E-state index in [1.54, 1.807) is 11.3 Å². The summed E-state index contributed by atoms with van der Waals surface area (Å²) in [4.78, 5) is 4.67. The molecule has 2 aromatic rings. The standard InChI is InChI=1S/C16H22N2S/c1-11(2)17-15(16-18-12(3)10-19-16)13(4)14-8-6-5-7-9-14/h5-11,13,15,17H,1-4H3. The van der Waals surface area contributed by atoms with Crippen molar-refractivity contribution >= 4 is 11.3 Å². The third kappa shape index (κ3) is 3.64. The Balaban J connectivity index is 2.27. The van der Waals surface area contributed by atoms with Gasteiger partial charge in [0.15, 0.2) is 0 Å².